The SMILES string of the molecule is CC(C)CC(NC(=O)N1CC=C(c2ccc(S(C)(=O)=O)cc2)CC1)C(=O)NCC#N. The van der Waals surface area contributed by atoms with Crippen LogP contribution in [0.4, 0.5) is 4.79 Å². The predicted molar refractivity (Wildman–Crippen MR) is 114 cm³/mol. The van der Waals surface area contributed by atoms with Gasteiger partial charge in [-0.3, -0.25) is 4.79 Å². The largest absolute Gasteiger partial charge is 0.341 e. The average molecular weight is 433 g/mol. The van der Waals surface area contributed by atoms with Gasteiger partial charge in [-0.05, 0) is 42.0 Å². The molecular weight excluding hydrogens is 404 g/mol. The minimum absolute atomic E-state index is 0.1000. The van der Waals surface area contributed by atoms with Gasteiger partial charge in [0.25, 0.3) is 0 Å². The maximum atomic E-state index is 12.6. The quantitative estimate of drug-likeness (QED) is 0.638. The Morgan fingerprint density at radius 1 is 1.23 bits per heavy atom. The van der Waals surface area contributed by atoms with Crippen LogP contribution >= 0.6 is 0 Å². The van der Waals surface area contributed by atoms with Crippen LogP contribution in [0.1, 0.15) is 32.3 Å². The summed E-state index contributed by atoms with van der Waals surface area (Å²) in [5, 5.41) is 13.9. The maximum Gasteiger partial charge on any atom is 0.318 e. The molecule has 3 amide bonds. The molecule has 1 aromatic rings. The molecule has 1 heterocycles. The van der Waals surface area contributed by atoms with Crippen molar-refractivity contribution in [3.05, 3.63) is 35.9 Å². The van der Waals surface area contributed by atoms with Crippen LogP contribution in [0.2, 0.25) is 0 Å². The topological polar surface area (TPSA) is 119 Å². The van der Waals surface area contributed by atoms with E-state index in [1.54, 1.807) is 29.2 Å². The highest BCUT2D eigenvalue weighted by Crippen LogP contribution is 2.24. The summed E-state index contributed by atoms with van der Waals surface area (Å²) in [6.45, 7) is 4.70. The van der Waals surface area contributed by atoms with Crippen LogP contribution in [-0.2, 0) is 14.6 Å². The van der Waals surface area contributed by atoms with Crippen molar-refractivity contribution < 1.29 is 18.0 Å². The molecule has 30 heavy (non-hydrogen) atoms. The number of nitriles is 1. The Morgan fingerprint density at radius 3 is 2.40 bits per heavy atom. The smallest absolute Gasteiger partial charge is 0.318 e. The molecule has 0 saturated heterocycles. The molecule has 1 aliphatic rings. The molecule has 0 aromatic heterocycles. The van der Waals surface area contributed by atoms with Gasteiger partial charge in [-0.2, -0.15) is 5.26 Å². The molecule has 8 nitrogen and oxygen atoms in total. The minimum Gasteiger partial charge on any atom is -0.341 e. The summed E-state index contributed by atoms with van der Waals surface area (Å²) < 4.78 is 23.2. The van der Waals surface area contributed by atoms with E-state index in [0.717, 1.165) is 11.1 Å². The second-order valence-electron chi connectivity index (χ2n) is 7.73. The fourth-order valence-corrected chi connectivity index (χ4v) is 3.86. The third kappa shape index (κ3) is 6.59. The van der Waals surface area contributed by atoms with Gasteiger partial charge >= 0.3 is 6.03 Å². The Bertz CT molecular complexity index is 946. The number of carbonyl (C=O) groups excluding carboxylic acids is 2. The van der Waals surface area contributed by atoms with Crippen molar-refractivity contribution in [1.82, 2.24) is 15.5 Å². The van der Waals surface area contributed by atoms with E-state index < -0.39 is 15.9 Å². The van der Waals surface area contributed by atoms with E-state index in [-0.39, 0.29) is 29.3 Å². The molecule has 1 atom stereocenters. The van der Waals surface area contributed by atoms with Crippen LogP contribution in [0.3, 0.4) is 0 Å². The first-order chi connectivity index (χ1) is 14.1. The van der Waals surface area contributed by atoms with E-state index >= 15 is 0 Å². The first-order valence-electron chi connectivity index (χ1n) is 9.81. The Kier molecular flexibility index (Phi) is 8.00. The fraction of sp³-hybridized carbons (Fsp3) is 0.476. The monoisotopic (exact) mass is 432 g/mol. The number of urea groups is 1. The number of sulfone groups is 1. The summed E-state index contributed by atoms with van der Waals surface area (Å²) >= 11 is 0. The molecule has 1 unspecified atom stereocenters. The lowest BCUT2D eigenvalue weighted by Gasteiger charge is -2.29. The average Bonchev–Trinajstić information content (AvgIpc) is 2.70. The molecule has 0 radical (unpaired) electrons. The summed E-state index contributed by atoms with van der Waals surface area (Å²) in [5.41, 5.74) is 1.97. The zero-order chi connectivity index (χ0) is 22.3. The van der Waals surface area contributed by atoms with Gasteiger partial charge in [-0.1, -0.05) is 32.1 Å². The summed E-state index contributed by atoms with van der Waals surface area (Å²) in [7, 11) is -3.23. The fourth-order valence-electron chi connectivity index (χ4n) is 3.23. The van der Waals surface area contributed by atoms with Crippen LogP contribution in [0.15, 0.2) is 35.2 Å². The van der Waals surface area contributed by atoms with Crippen molar-refractivity contribution in [1.29, 1.82) is 5.26 Å². The Morgan fingerprint density at radius 2 is 1.90 bits per heavy atom. The van der Waals surface area contributed by atoms with E-state index in [9.17, 15) is 18.0 Å². The van der Waals surface area contributed by atoms with Gasteiger partial charge in [-0.15, -0.1) is 0 Å². The summed E-state index contributed by atoms with van der Waals surface area (Å²) in [5.74, 6) is -0.163. The zero-order valence-corrected chi connectivity index (χ0v) is 18.3. The van der Waals surface area contributed by atoms with Crippen molar-refractivity contribution >= 4 is 27.3 Å². The molecule has 2 rings (SSSR count). The van der Waals surface area contributed by atoms with Crippen LogP contribution in [0.5, 0.6) is 0 Å². The number of carbonyl (C=O) groups is 2. The number of rotatable bonds is 7. The van der Waals surface area contributed by atoms with Crippen LogP contribution < -0.4 is 10.6 Å². The van der Waals surface area contributed by atoms with Crippen molar-refractivity contribution in [2.75, 3.05) is 25.9 Å². The Hall–Kier alpha value is -2.86. The zero-order valence-electron chi connectivity index (χ0n) is 17.5. The van der Waals surface area contributed by atoms with Crippen LogP contribution in [-0.4, -0.2) is 57.2 Å². The standard InChI is InChI=1S/C21H28N4O4S/c1-15(2)14-19(20(26)23-11-10-22)24-21(27)25-12-8-17(9-13-25)16-4-6-18(7-5-16)30(3,28)29/h4-8,15,19H,9,11-14H2,1-3H3,(H,23,26)(H,24,27). The van der Waals surface area contributed by atoms with Gasteiger partial charge in [0, 0.05) is 19.3 Å². The van der Waals surface area contributed by atoms with Crippen molar-refractivity contribution in [3.63, 3.8) is 0 Å². The van der Waals surface area contributed by atoms with E-state index in [0.29, 0.717) is 25.9 Å². The third-order valence-corrected chi connectivity index (χ3v) is 5.94. The molecule has 9 heteroatoms. The maximum absolute atomic E-state index is 12.6. The van der Waals surface area contributed by atoms with E-state index in [1.165, 1.54) is 6.26 Å². The van der Waals surface area contributed by atoms with Crippen molar-refractivity contribution in [2.45, 2.75) is 37.6 Å². The number of hydrogen-bond acceptors (Lipinski definition) is 5. The summed E-state index contributed by atoms with van der Waals surface area (Å²) in [6.07, 6.45) is 4.21. The van der Waals surface area contributed by atoms with Crippen LogP contribution in [0, 0.1) is 17.2 Å². The number of hydrogen-bond donors (Lipinski definition) is 2. The minimum atomic E-state index is -3.23. The lowest BCUT2D eigenvalue weighted by Crippen LogP contribution is -2.52. The highest BCUT2D eigenvalue weighted by Gasteiger charge is 2.25. The molecular formula is C21H28N4O4S. The number of nitrogens with zero attached hydrogens (tertiary/aromatic N) is 2. The number of amides is 3. The summed E-state index contributed by atoms with van der Waals surface area (Å²) in [4.78, 5) is 26.8. The van der Waals surface area contributed by atoms with E-state index in [4.69, 9.17) is 5.26 Å². The third-order valence-electron chi connectivity index (χ3n) is 4.81. The van der Waals surface area contributed by atoms with Crippen molar-refractivity contribution in [3.8, 4) is 6.07 Å². The van der Waals surface area contributed by atoms with E-state index in [2.05, 4.69) is 10.6 Å². The molecule has 0 bridgehead atoms. The van der Waals surface area contributed by atoms with Gasteiger partial charge < -0.3 is 15.5 Å². The van der Waals surface area contributed by atoms with Crippen molar-refractivity contribution in [2.24, 2.45) is 5.92 Å². The molecule has 1 aromatic carbocycles. The van der Waals surface area contributed by atoms with Crippen LogP contribution in [0.25, 0.3) is 5.57 Å². The van der Waals surface area contributed by atoms with Gasteiger partial charge in [0.2, 0.25) is 5.91 Å². The van der Waals surface area contributed by atoms with E-state index in [1.807, 2.05) is 26.0 Å². The Labute approximate surface area is 177 Å². The lowest BCUT2D eigenvalue weighted by atomic mass is 9.99. The molecule has 0 spiro atoms. The highest BCUT2D eigenvalue weighted by atomic mass is 32.2. The number of benzene rings is 1. The summed E-state index contributed by atoms with van der Waals surface area (Å²) in [6, 6.07) is 7.56. The molecule has 162 valence electrons. The highest BCUT2D eigenvalue weighted by molar-refractivity contribution is 7.90. The second-order valence-corrected chi connectivity index (χ2v) is 9.75. The van der Waals surface area contributed by atoms with Gasteiger partial charge in [0.05, 0.1) is 11.0 Å². The number of nitrogens with one attached hydrogen (secondary N) is 2. The lowest BCUT2D eigenvalue weighted by molar-refractivity contribution is -0.123. The Balaban J connectivity index is 2.01. The van der Waals surface area contributed by atoms with Gasteiger partial charge in [0.15, 0.2) is 9.84 Å². The first kappa shape index (κ1) is 23.4. The molecule has 2 N–H and O–H groups in total. The predicted octanol–water partition coefficient (Wildman–Crippen LogP) is 1.94. The molecule has 0 aliphatic carbocycles. The molecule has 0 fully saturated rings. The first-order valence-corrected chi connectivity index (χ1v) is 11.7. The molecule has 1 aliphatic heterocycles. The van der Waals surface area contributed by atoms with Gasteiger partial charge in [-0.25, -0.2) is 13.2 Å². The second kappa shape index (κ2) is 10.3. The normalized spacial score (nSPS) is 15.2. The van der Waals surface area contributed by atoms with Gasteiger partial charge in [0.1, 0.15) is 12.6 Å². The molecule has 0 saturated carbocycles.